The number of aryl methyl sites for hydroxylation is 1. The van der Waals surface area contributed by atoms with Crippen LogP contribution >= 0.6 is 0 Å². The average molecular weight is 611 g/mol. The Kier molecular flexibility index (Phi) is 9.92. The molecule has 11 heteroatoms. The van der Waals surface area contributed by atoms with E-state index in [0.717, 1.165) is 76.6 Å². The van der Waals surface area contributed by atoms with Crippen molar-refractivity contribution in [3.63, 3.8) is 0 Å². The molecule has 2 aromatic heterocycles. The SMILES string of the molecule is CCn1nccc1C(=O)N[C@H](C(=O)Nc1cc2c(cn1)C1(CCOCC1)CN2COCC[Si](C)(C)C)C1CCC(C)CC1. The fourth-order valence-corrected chi connectivity index (χ4v) is 7.55. The highest BCUT2D eigenvalue weighted by Gasteiger charge is 2.44. The van der Waals surface area contributed by atoms with Crippen LogP contribution in [-0.2, 0) is 26.2 Å². The maximum atomic E-state index is 13.9. The van der Waals surface area contributed by atoms with Crippen molar-refractivity contribution in [2.75, 3.05) is 43.3 Å². The zero-order chi connectivity index (χ0) is 30.6. The minimum atomic E-state index is -1.19. The van der Waals surface area contributed by atoms with Crippen molar-refractivity contribution >= 4 is 31.4 Å². The summed E-state index contributed by atoms with van der Waals surface area (Å²) in [5.74, 6) is 0.700. The number of aromatic nitrogens is 3. The lowest BCUT2D eigenvalue weighted by Gasteiger charge is -2.34. The van der Waals surface area contributed by atoms with E-state index in [4.69, 9.17) is 14.5 Å². The molecule has 2 aromatic rings. The molecule has 3 aliphatic rings. The van der Waals surface area contributed by atoms with E-state index in [-0.39, 0.29) is 23.1 Å². The topological polar surface area (TPSA) is 111 Å². The van der Waals surface area contributed by atoms with Crippen LogP contribution in [0.15, 0.2) is 24.5 Å². The first-order valence-electron chi connectivity index (χ1n) is 16.1. The number of ether oxygens (including phenoxy) is 2. The molecule has 236 valence electrons. The van der Waals surface area contributed by atoms with Gasteiger partial charge in [-0.25, -0.2) is 4.98 Å². The molecule has 43 heavy (non-hydrogen) atoms. The molecule has 1 atom stereocenters. The van der Waals surface area contributed by atoms with E-state index < -0.39 is 14.1 Å². The summed E-state index contributed by atoms with van der Waals surface area (Å²) in [6, 6.07) is 4.16. The number of fused-ring (bicyclic) bond motifs is 2. The molecule has 2 fully saturated rings. The molecule has 5 rings (SSSR count). The minimum absolute atomic E-state index is 0.0111. The first-order chi connectivity index (χ1) is 20.6. The number of hydrogen-bond donors (Lipinski definition) is 2. The molecule has 1 saturated heterocycles. The van der Waals surface area contributed by atoms with Gasteiger partial charge in [0.15, 0.2) is 0 Å². The number of hydrogen-bond acceptors (Lipinski definition) is 7. The molecule has 0 bridgehead atoms. The molecular weight excluding hydrogens is 560 g/mol. The zero-order valence-corrected chi connectivity index (χ0v) is 27.7. The van der Waals surface area contributed by atoms with Crippen LogP contribution in [0.25, 0.3) is 0 Å². The Morgan fingerprint density at radius 1 is 1.19 bits per heavy atom. The molecule has 0 unspecified atom stereocenters. The highest BCUT2D eigenvalue weighted by atomic mass is 28.3. The Morgan fingerprint density at radius 2 is 1.93 bits per heavy atom. The first-order valence-corrected chi connectivity index (χ1v) is 19.8. The Hall–Kier alpha value is -2.76. The number of pyridine rings is 1. The third-order valence-electron chi connectivity index (χ3n) is 9.58. The van der Waals surface area contributed by atoms with Crippen LogP contribution < -0.4 is 15.5 Å². The van der Waals surface area contributed by atoms with Crippen molar-refractivity contribution in [3.05, 3.63) is 35.8 Å². The van der Waals surface area contributed by atoms with Crippen molar-refractivity contribution in [1.29, 1.82) is 0 Å². The smallest absolute Gasteiger partial charge is 0.270 e. The molecule has 0 radical (unpaired) electrons. The van der Waals surface area contributed by atoms with E-state index in [1.165, 1.54) is 5.56 Å². The molecule has 2 N–H and O–H groups in total. The van der Waals surface area contributed by atoms with Crippen molar-refractivity contribution in [2.45, 2.75) is 96.1 Å². The Balaban J connectivity index is 1.35. The van der Waals surface area contributed by atoms with E-state index in [1.54, 1.807) is 16.9 Å². The van der Waals surface area contributed by atoms with Gasteiger partial charge in [-0.1, -0.05) is 39.4 Å². The minimum Gasteiger partial charge on any atom is -0.381 e. The third kappa shape index (κ3) is 7.49. The van der Waals surface area contributed by atoms with Gasteiger partial charge in [0.25, 0.3) is 5.91 Å². The van der Waals surface area contributed by atoms with E-state index in [0.29, 0.717) is 30.7 Å². The van der Waals surface area contributed by atoms with Gasteiger partial charge in [0.2, 0.25) is 5.91 Å². The van der Waals surface area contributed by atoms with Crippen LogP contribution in [0.2, 0.25) is 25.7 Å². The normalized spacial score (nSPS) is 22.3. The molecule has 4 heterocycles. The highest BCUT2D eigenvalue weighted by Crippen LogP contribution is 2.47. The summed E-state index contributed by atoms with van der Waals surface area (Å²) in [5.41, 5.74) is 2.73. The van der Waals surface area contributed by atoms with Gasteiger partial charge >= 0.3 is 0 Å². The maximum Gasteiger partial charge on any atom is 0.270 e. The number of carbonyl (C=O) groups excluding carboxylic acids is 2. The van der Waals surface area contributed by atoms with Gasteiger partial charge in [0.1, 0.15) is 24.3 Å². The molecule has 2 amide bonds. The number of nitrogens with one attached hydrogen (secondary N) is 2. The molecule has 1 spiro atoms. The van der Waals surface area contributed by atoms with Gasteiger partial charge < -0.3 is 25.0 Å². The lowest BCUT2D eigenvalue weighted by molar-refractivity contribution is -0.119. The first kappa shape index (κ1) is 31.7. The van der Waals surface area contributed by atoms with Gasteiger partial charge in [0.05, 0.1) is 0 Å². The van der Waals surface area contributed by atoms with Gasteiger partial charge in [-0.2, -0.15) is 5.10 Å². The molecule has 2 aliphatic heterocycles. The molecular formula is C32H50N6O4Si. The molecule has 1 aliphatic carbocycles. The summed E-state index contributed by atoms with van der Waals surface area (Å²) >= 11 is 0. The van der Waals surface area contributed by atoms with Crippen molar-refractivity contribution in [1.82, 2.24) is 20.1 Å². The predicted molar refractivity (Wildman–Crippen MR) is 171 cm³/mol. The third-order valence-corrected chi connectivity index (χ3v) is 11.3. The fourth-order valence-electron chi connectivity index (χ4n) is 6.79. The van der Waals surface area contributed by atoms with E-state index in [1.807, 2.05) is 19.2 Å². The van der Waals surface area contributed by atoms with Crippen LogP contribution in [0, 0.1) is 11.8 Å². The summed E-state index contributed by atoms with van der Waals surface area (Å²) < 4.78 is 13.6. The lowest BCUT2D eigenvalue weighted by atomic mass is 9.76. The van der Waals surface area contributed by atoms with E-state index in [9.17, 15) is 9.59 Å². The number of amides is 2. The predicted octanol–water partition coefficient (Wildman–Crippen LogP) is 5.04. The summed E-state index contributed by atoms with van der Waals surface area (Å²) in [7, 11) is -1.19. The molecule has 10 nitrogen and oxygen atoms in total. The van der Waals surface area contributed by atoms with Crippen LogP contribution in [0.5, 0.6) is 0 Å². The fraction of sp³-hybridized carbons (Fsp3) is 0.688. The van der Waals surface area contributed by atoms with Crippen molar-refractivity contribution < 1.29 is 19.1 Å². The largest absolute Gasteiger partial charge is 0.381 e. The Bertz CT molecular complexity index is 1260. The quantitative estimate of drug-likeness (QED) is 0.271. The van der Waals surface area contributed by atoms with Crippen LogP contribution in [0.4, 0.5) is 11.5 Å². The van der Waals surface area contributed by atoms with Gasteiger partial charge in [-0.05, 0) is 56.6 Å². The standard InChI is InChI=1S/C32H50N6O4Si/c1-6-38-26(11-14-34-38)30(39)36-29(24-9-7-23(2)8-10-24)31(40)35-28-19-27-25(20-33-28)32(12-15-41-16-13-32)21-37(27)22-42-17-18-43(3,4)5/h11,14,19-20,23-24,29H,6-10,12-13,15-18,21-22H2,1-5H3,(H,36,39)(H,33,35,40)/t23?,24?,29-/m0/s1. The summed E-state index contributed by atoms with van der Waals surface area (Å²) in [6.07, 6.45) is 9.35. The maximum absolute atomic E-state index is 13.9. The van der Waals surface area contributed by atoms with E-state index in [2.05, 4.69) is 47.2 Å². The Morgan fingerprint density at radius 3 is 2.63 bits per heavy atom. The van der Waals surface area contributed by atoms with Crippen molar-refractivity contribution in [2.24, 2.45) is 11.8 Å². The molecule has 0 aromatic carbocycles. The molecule has 1 saturated carbocycles. The number of carbonyl (C=O) groups is 2. The summed E-state index contributed by atoms with van der Waals surface area (Å²) in [6.45, 7) is 15.5. The second-order valence-electron chi connectivity index (χ2n) is 14.0. The second kappa shape index (κ2) is 13.5. The second-order valence-corrected chi connectivity index (χ2v) is 19.6. The van der Waals surface area contributed by atoms with Gasteiger partial charge in [-0.3, -0.25) is 14.3 Å². The average Bonchev–Trinajstić information content (AvgIpc) is 3.57. The van der Waals surface area contributed by atoms with Gasteiger partial charge in [-0.15, -0.1) is 0 Å². The van der Waals surface area contributed by atoms with Gasteiger partial charge in [0, 0.05) is 76.1 Å². The van der Waals surface area contributed by atoms with Crippen molar-refractivity contribution in [3.8, 4) is 0 Å². The zero-order valence-electron chi connectivity index (χ0n) is 26.7. The number of rotatable bonds is 11. The van der Waals surface area contributed by atoms with E-state index >= 15 is 0 Å². The Labute approximate surface area is 257 Å². The number of nitrogens with zero attached hydrogens (tertiary/aromatic N) is 4. The van der Waals surface area contributed by atoms with Crippen LogP contribution in [0.3, 0.4) is 0 Å². The summed E-state index contributed by atoms with van der Waals surface area (Å²) in [5, 5.41) is 10.4. The lowest BCUT2D eigenvalue weighted by Crippen LogP contribution is -2.49. The monoisotopic (exact) mass is 610 g/mol. The number of anilines is 2. The highest BCUT2D eigenvalue weighted by molar-refractivity contribution is 6.76. The summed E-state index contributed by atoms with van der Waals surface area (Å²) in [4.78, 5) is 34.3. The van der Waals surface area contributed by atoms with Crippen LogP contribution in [-0.4, -0.2) is 73.8 Å². The van der Waals surface area contributed by atoms with Crippen LogP contribution in [0.1, 0.15) is 68.4 Å².